The molecule has 1 amide bonds. The third-order valence-corrected chi connectivity index (χ3v) is 6.27. The number of fused-ring (bicyclic) bond motifs is 1. The number of thioether (sulfide) groups is 1. The second-order valence-corrected chi connectivity index (χ2v) is 8.84. The van der Waals surface area contributed by atoms with Crippen molar-refractivity contribution in [3.63, 3.8) is 0 Å². The molecular weight excluding hydrogens is 398 g/mol. The van der Waals surface area contributed by atoms with Crippen LogP contribution in [0, 0.1) is 6.92 Å². The first-order chi connectivity index (χ1) is 14.5. The van der Waals surface area contributed by atoms with Gasteiger partial charge in [-0.3, -0.25) is 14.2 Å². The van der Waals surface area contributed by atoms with Gasteiger partial charge in [-0.1, -0.05) is 41.6 Å². The van der Waals surface area contributed by atoms with Gasteiger partial charge in [0.2, 0.25) is 5.91 Å². The minimum atomic E-state index is -0.406. The predicted octanol–water partition coefficient (Wildman–Crippen LogP) is 3.47. The largest absolute Gasteiger partial charge is 0.376 e. The Morgan fingerprint density at radius 3 is 2.77 bits per heavy atom. The molecule has 2 heterocycles. The van der Waals surface area contributed by atoms with Crippen LogP contribution >= 0.6 is 11.8 Å². The Kier molecular flexibility index (Phi) is 6.20. The summed E-state index contributed by atoms with van der Waals surface area (Å²) in [5, 5.41) is 3.61. The highest BCUT2D eigenvalue weighted by atomic mass is 32.2. The Hall–Kier alpha value is -2.64. The van der Waals surface area contributed by atoms with E-state index < -0.39 is 5.25 Å². The van der Waals surface area contributed by atoms with Gasteiger partial charge in [0, 0.05) is 13.2 Å². The number of amides is 1. The lowest BCUT2D eigenvalue weighted by Crippen LogP contribution is -2.36. The molecule has 0 aliphatic carbocycles. The summed E-state index contributed by atoms with van der Waals surface area (Å²) in [7, 11) is 0. The summed E-state index contributed by atoms with van der Waals surface area (Å²) in [6.45, 7) is 5.10. The highest BCUT2D eigenvalue weighted by molar-refractivity contribution is 8.00. The zero-order valence-electron chi connectivity index (χ0n) is 17.1. The number of hydrogen-bond acceptors (Lipinski definition) is 5. The van der Waals surface area contributed by atoms with E-state index in [4.69, 9.17) is 9.72 Å². The normalized spacial score (nSPS) is 17.2. The van der Waals surface area contributed by atoms with E-state index in [1.807, 2.05) is 56.3 Å². The fraction of sp³-hybridized carbons (Fsp3) is 0.348. The molecule has 1 aliphatic heterocycles. The molecule has 0 radical (unpaired) electrons. The van der Waals surface area contributed by atoms with Crippen LogP contribution in [-0.4, -0.2) is 40.0 Å². The zero-order chi connectivity index (χ0) is 21.1. The molecule has 6 nitrogen and oxygen atoms in total. The van der Waals surface area contributed by atoms with Gasteiger partial charge >= 0.3 is 0 Å². The molecule has 30 heavy (non-hydrogen) atoms. The van der Waals surface area contributed by atoms with Crippen molar-refractivity contribution in [3.05, 3.63) is 64.4 Å². The van der Waals surface area contributed by atoms with Crippen LogP contribution in [0.25, 0.3) is 16.6 Å². The van der Waals surface area contributed by atoms with Gasteiger partial charge in [0.05, 0.1) is 27.9 Å². The van der Waals surface area contributed by atoms with E-state index in [0.29, 0.717) is 22.6 Å². The number of benzene rings is 2. The van der Waals surface area contributed by atoms with Crippen molar-refractivity contribution in [3.8, 4) is 5.69 Å². The monoisotopic (exact) mass is 423 g/mol. The fourth-order valence-electron chi connectivity index (χ4n) is 3.49. The summed E-state index contributed by atoms with van der Waals surface area (Å²) in [5.41, 5.74) is 2.33. The Labute approximate surface area is 179 Å². The molecule has 7 heteroatoms. The summed E-state index contributed by atoms with van der Waals surface area (Å²) in [6, 6.07) is 15.0. The van der Waals surface area contributed by atoms with E-state index in [9.17, 15) is 9.59 Å². The molecule has 3 aromatic rings. The van der Waals surface area contributed by atoms with E-state index in [0.717, 1.165) is 30.7 Å². The van der Waals surface area contributed by atoms with Crippen LogP contribution < -0.4 is 10.9 Å². The molecule has 0 spiro atoms. The number of ether oxygens (including phenoxy) is 1. The number of aryl methyl sites for hydroxylation is 1. The number of carbonyl (C=O) groups excluding carboxylic acids is 1. The molecule has 1 aromatic heterocycles. The van der Waals surface area contributed by atoms with Gasteiger partial charge in [-0.2, -0.15) is 0 Å². The van der Waals surface area contributed by atoms with Gasteiger partial charge in [-0.25, -0.2) is 4.98 Å². The van der Waals surface area contributed by atoms with Crippen LogP contribution in [0.3, 0.4) is 0 Å². The highest BCUT2D eigenvalue weighted by Crippen LogP contribution is 2.25. The second-order valence-electron chi connectivity index (χ2n) is 7.53. The minimum Gasteiger partial charge on any atom is -0.376 e. The summed E-state index contributed by atoms with van der Waals surface area (Å²) in [6.07, 6.45) is 2.10. The quantitative estimate of drug-likeness (QED) is 0.485. The van der Waals surface area contributed by atoms with Crippen LogP contribution in [0.2, 0.25) is 0 Å². The molecular formula is C23H25N3O3S. The van der Waals surface area contributed by atoms with Crippen molar-refractivity contribution in [1.82, 2.24) is 14.9 Å². The van der Waals surface area contributed by atoms with Crippen LogP contribution in [0.5, 0.6) is 0 Å². The van der Waals surface area contributed by atoms with E-state index in [-0.39, 0.29) is 17.6 Å². The van der Waals surface area contributed by atoms with Crippen LogP contribution in [0.1, 0.15) is 25.3 Å². The predicted molar refractivity (Wildman–Crippen MR) is 119 cm³/mol. The number of aromatic nitrogens is 2. The maximum atomic E-state index is 13.3. The molecule has 1 aliphatic rings. The van der Waals surface area contributed by atoms with Crippen molar-refractivity contribution in [2.24, 2.45) is 0 Å². The summed E-state index contributed by atoms with van der Waals surface area (Å²) in [5.74, 6) is -0.0895. The van der Waals surface area contributed by atoms with Gasteiger partial charge in [0.25, 0.3) is 5.56 Å². The van der Waals surface area contributed by atoms with Gasteiger partial charge in [0.1, 0.15) is 0 Å². The van der Waals surface area contributed by atoms with Gasteiger partial charge < -0.3 is 10.1 Å². The first-order valence-corrected chi connectivity index (χ1v) is 11.1. The number of nitrogens with zero attached hydrogens (tertiary/aromatic N) is 2. The fourth-order valence-corrected chi connectivity index (χ4v) is 4.44. The average Bonchev–Trinajstić information content (AvgIpc) is 3.27. The first kappa shape index (κ1) is 20.6. The number of carbonyl (C=O) groups is 1. The van der Waals surface area contributed by atoms with Gasteiger partial charge in [-0.05, 0) is 51.0 Å². The van der Waals surface area contributed by atoms with Gasteiger partial charge in [0.15, 0.2) is 5.16 Å². The minimum absolute atomic E-state index is 0.0895. The van der Waals surface area contributed by atoms with Crippen molar-refractivity contribution in [2.75, 3.05) is 13.2 Å². The first-order valence-electron chi connectivity index (χ1n) is 10.2. The van der Waals surface area contributed by atoms with Crippen molar-refractivity contribution >= 4 is 28.6 Å². The lowest BCUT2D eigenvalue weighted by Gasteiger charge is -2.17. The molecule has 2 atom stereocenters. The number of para-hydroxylation sites is 1. The Balaban J connectivity index is 1.64. The second kappa shape index (κ2) is 9.02. The average molecular weight is 424 g/mol. The lowest BCUT2D eigenvalue weighted by atomic mass is 10.2. The van der Waals surface area contributed by atoms with E-state index in [1.54, 1.807) is 10.6 Å². The van der Waals surface area contributed by atoms with Crippen LogP contribution in [-0.2, 0) is 9.53 Å². The Bertz CT molecular complexity index is 1100. The zero-order valence-corrected chi connectivity index (χ0v) is 17.9. The van der Waals surface area contributed by atoms with Crippen molar-refractivity contribution in [1.29, 1.82) is 0 Å². The van der Waals surface area contributed by atoms with E-state index >= 15 is 0 Å². The molecule has 1 N–H and O–H groups in total. The molecule has 4 rings (SSSR count). The van der Waals surface area contributed by atoms with E-state index in [2.05, 4.69) is 5.32 Å². The molecule has 156 valence electrons. The summed E-state index contributed by atoms with van der Waals surface area (Å²) < 4.78 is 7.17. The third-order valence-electron chi connectivity index (χ3n) is 5.22. The Morgan fingerprint density at radius 1 is 1.27 bits per heavy atom. The molecule has 1 saturated heterocycles. The molecule has 2 unspecified atom stereocenters. The molecule has 0 saturated carbocycles. The SMILES string of the molecule is Cc1ccc(-n2c(SC(C)C(=O)NCC3CCCO3)nc3ccccc3c2=O)cc1. The van der Waals surface area contributed by atoms with Gasteiger partial charge in [-0.15, -0.1) is 0 Å². The molecule has 1 fully saturated rings. The van der Waals surface area contributed by atoms with Crippen LogP contribution in [0.4, 0.5) is 0 Å². The van der Waals surface area contributed by atoms with E-state index in [1.165, 1.54) is 11.8 Å². The van der Waals surface area contributed by atoms with Crippen LogP contribution in [0.15, 0.2) is 58.5 Å². The third kappa shape index (κ3) is 4.42. The van der Waals surface area contributed by atoms with Crippen molar-refractivity contribution < 1.29 is 9.53 Å². The molecule has 2 aromatic carbocycles. The summed E-state index contributed by atoms with van der Waals surface area (Å²) in [4.78, 5) is 30.6. The van der Waals surface area contributed by atoms with Crippen molar-refractivity contribution in [2.45, 2.75) is 43.2 Å². The highest BCUT2D eigenvalue weighted by Gasteiger charge is 2.22. The standard InChI is InChI=1S/C23H25N3O3S/c1-15-9-11-17(12-10-15)26-22(28)19-7-3-4-8-20(19)25-23(26)30-16(2)21(27)24-14-18-6-5-13-29-18/h3-4,7-12,16,18H,5-6,13-14H2,1-2H3,(H,24,27). The lowest BCUT2D eigenvalue weighted by molar-refractivity contribution is -0.120. The smallest absolute Gasteiger partial charge is 0.266 e. The topological polar surface area (TPSA) is 73.2 Å². The maximum Gasteiger partial charge on any atom is 0.266 e. The molecule has 0 bridgehead atoms. The maximum absolute atomic E-state index is 13.3. The number of hydrogen-bond donors (Lipinski definition) is 1. The summed E-state index contributed by atoms with van der Waals surface area (Å²) >= 11 is 1.29. The Morgan fingerprint density at radius 2 is 2.03 bits per heavy atom. The number of rotatable bonds is 6. The number of nitrogens with one attached hydrogen (secondary N) is 1.